The summed E-state index contributed by atoms with van der Waals surface area (Å²) in [7, 11) is 0. The standard InChI is InChI=1S/C5H6NS.Al.2H/c6-4-5-2-1-3-7-5;;;/h1-2H,4,6H2;;;. The van der Waals surface area contributed by atoms with Crippen molar-refractivity contribution < 1.29 is 0 Å². The molecule has 0 aliphatic carbocycles. The van der Waals surface area contributed by atoms with Crippen LogP contribution in [-0.2, 0) is 6.54 Å². The highest BCUT2D eigenvalue weighted by Crippen LogP contribution is 2.02. The summed E-state index contributed by atoms with van der Waals surface area (Å²) in [5.74, 6) is 0. The molecule has 0 saturated heterocycles. The van der Waals surface area contributed by atoms with E-state index in [1.54, 1.807) is 0 Å². The van der Waals surface area contributed by atoms with E-state index in [1.165, 1.54) is 8.62 Å². The molecule has 1 aromatic rings. The molecule has 0 atom stereocenters. The summed E-state index contributed by atoms with van der Waals surface area (Å²) in [4.78, 5) is 1.30. The highest BCUT2D eigenvalue weighted by atomic mass is 32.1. The van der Waals surface area contributed by atoms with Gasteiger partial charge in [-0.15, -0.1) is 0 Å². The van der Waals surface area contributed by atoms with Crippen LogP contribution in [0.15, 0.2) is 12.1 Å². The van der Waals surface area contributed by atoms with Gasteiger partial charge in [-0.25, -0.2) is 0 Å². The average molecular weight is 141 g/mol. The molecule has 0 spiro atoms. The summed E-state index contributed by atoms with van der Waals surface area (Å²) >= 11 is 2.99. The van der Waals surface area contributed by atoms with Crippen LogP contribution in [0.1, 0.15) is 4.88 Å². The highest BCUT2D eigenvalue weighted by Gasteiger charge is 1.89. The van der Waals surface area contributed by atoms with Gasteiger partial charge < -0.3 is 5.73 Å². The minimum atomic E-state index is 0.701. The summed E-state index contributed by atoms with van der Waals surface area (Å²) in [6.07, 6.45) is 0. The van der Waals surface area contributed by atoms with Crippen LogP contribution in [0.2, 0.25) is 0 Å². The largest absolute Gasteiger partial charge is 0.326 e. The number of thiophene rings is 1. The average Bonchev–Trinajstić information content (AvgIpc) is 2.14. The molecule has 1 nitrogen and oxygen atoms in total. The second kappa shape index (κ2) is 2.65. The maximum atomic E-state index is 5.39. The summed E-state index contributed by atoms with van der Waals surface area (Å²) in [6, 6.07) is 4.26. The van der Waals surface area contributed by atoms with E-state index >= 15 is 0 Å². The van der Waals surface area contributed by atoms with E-state index in [0.717, 1.165) is 16.3 Å². The van der Waals surface area contributed by atoms with Crippen molar-refractivity contribution >= 4 is 31.4 Å². The zero-order chi connectivity index (χ0) is 5.98. The first-order valence-corrected chi connectivity index (χ1v) is 4.40. The molecule has 1 aromatic heterocycles. The molecular weight excluding hydrogens is 133 g/mol. The van der Waals surface area contributed by atoms with Gasteiger partial charge in [-0.3, -0.25) is 0 Å². The van der Waals surface area contributed by atoms with E-state index in [4.69, 9.17) is 5.73 Å². The summed E-state index contributed by atoms with van der Waals surface area (Å²) in [5, 5.41) is 0. The van der Waals surface area contributed by atoms with Crippen molar-refractivity contribution in [3.05, 3.63) is 17.0 Å². The van der Waals surface area contributed by atoms with Crippen molar-refractivity contribution in [2.75, 3.05) is 0 Å². The van der Waals surface area contributed by atoms with Gasteiger partial charge >= 0.3 is 0 Å². The first-order chi connectivity index (χ1) is 3.83. The Kier molecular flexibility index (Phi) is 2.10. The molecule has 0 aliphatic rings. The Labute approximate surface area is 60.9 Å². The van der Waals surface area contributed by atoms with Crippen LogP contribution in [-0.4, -0.2) is 16.3 Å². The van der Waals surface area contributed by atoms with Crippen LogP contribution in [0, 0.1) is 0 Å². The van der Waals surface area contributed by atoms with Gasteiger partial charge in [0.05, 0.1) is 0 Å². The van der Waals surface area contributed by atoms with E-state index in [0.29, 0.717) is 6.54 Å². The molecule has 8 heavy (non-hydrogen) atoms. The third-order valence-electron chi connectivity index (χ3n) is 0.997. The Morgan fingerprint density at radius 1 is 1.62 bits per heavy atom. The fourth-order valence-corrected chi connectivity index (χ4v) is 2.32. The van der Waals surface area contributed by atoms with Gasteiger partial charge in [0.1, 0.15) is 0 Å². The Bertz CT molecular complexity index is 173. The smallest absolute Gasteiger partial charge is 0.275 e. The Morgan fingerprint density at radius 2 is 2.38 bits per heavy atom. The first-order valence-electron chi connectivity index (χ1n) is 2.58. The predicted octanol–water partition coefficient (Wildman–Crippen LogP) is -0.535. The molecule has 0 fully saturated rings. The maximum Gasteiger partial charge on any atom is 0.275 e. The molecule has 0 saturated carbocycles. The molecule has 3 heteroatoms. The van der Waals surface area contributed by atoms with Crippen LogP contribution >= 0.6 is 11.3 Å². The Balaban J connectivity index is 2.84. The van der Waals surface area contributed by atoms with Crippen LogP contribution in [0.25, 0.3) is 0 Å². The number of nitrogens with two attached hydrogens (primary N) is 1. The zero-order valence-corrected chi connectivity index (χ0v) is 7.66. The van der Waals surface area contributed by atoms with Gasteiger partial charge in [-0.1, -0.05) is 9.81 Å². The zero-order valence-electron chi connectivity index (χ0n) is 4.85. The van der Waals surface area contributed by atoms with E-state index < -0.39 is 0 Å². The lowest BCUT2D eigenvalue weighted by molar-refractivity contribution is 1.11. The van der Waals surface area contributed by atoms with Crippen molar-refractivity contribution in [3.8, 4) is 0 Å². The van der Waals surface area contributed by atoms with Crippen molar-refractivity contribution in [1.29, 1.82) is 0 Å². The van der Waals surface area contributed by atoms with Crippen molar-refractivity contribution in [2.45, 2.75) is 6.54 Å². The third kappa shape index (κ3) is 1.33. The minimum Gasteiger partial charge on any atom is -0.326 e. The quantitative estimate of drug-likeness (QED) is 0.522. The molecule has 1 rings (SSSR count). The van der Waals surface area contributed by atoms with Gasteiger partial charge in [-0.05, 0) is 6.07 Å². The normalized spacial score (nSPS) is 9.62. The maximum absolute atomic E-state index is 5.39. The first kappa shape index (κ1) is 6.31. The lowest BCUT2D eigenvalue weighted by atomic mass is 10.5. The topological polar surface area (TPSA) is 26.0 Å². The molecule has 0 aliphatic heterocycles. The minimum absolute atomic E-state index is 0.701. The molecule has 0 amide bonds. The molecule has 0 aromatic carbocycles. The van der Waals surface area contributed by atoms with Gasteiger partial charge in [0.15, 0.2) is 0 Å². The number of rotatable bonds is 1. The summed E-state index contributed by atoms with van der Waals surface area (Å²) < 4.78 is 1.48. The Morgan fingerprint density at radius 3 is 2.62 bits per heavy atom. The molecule has 1 heterocycles. The molecule has 2 N–H and O–H groups in total. The summed E-state index contributed by atoms with van der Waals surface area (Å²) in [6.45, 7) is 0.701. The highest BCUT2D eigenvalue weighted by molar-refractivity contribution is 7.20. The molecule has 42 valence electrons. The van der Waals surface area contributed by atoms with E-state index in [2.05, 4.69) is 12.1 Å². The second-order valence-corrected chi connectivity index (χ2v) is 4.89. The Hall–Kier alpha value is 0.192. The molecule has 0 bridgehead atoms. The van der Waals surface area contributed by atoms with Gasteiger partial charge in [0, 0.05) is 11.4 Å². The third-order valence-corrected chi connectivity index (χ3v) is 2.97. The molecular formula is C5H8AlNS. The van der Waals surface area contributed by atoms with Crippen molar-refractivity contribution in [2.24, 2.45) is 5.73 Å². The van der Waals surface area contributed by atoms with Crippen LogP contribution in [0.3, 0.4) is 0 Å². The fraction of sp³-hybridized carbons (Fsp3) is 0.200. The molecule has 0 unspecified atom stereocenters. The second-order valence-electron chi connectivity index (χ2n) is 1.72. The SMILES string of the molecule is NCc1cc[c]([AlH2])s1. The number of hydrogen-bond acceptors (Lipinski definition) is 2. The van der Waals surface area contributed by atoms with Crippen LogP contribution in [0.5, 0.6) is 0 Å². The summed E-state index contributed by atoms with van der Waals surface area (Å²) in [5.41, 5.74) is 5.39. The van der Waals surface area contributed by atoms with Crippen LogP contribution in [0.4, 0.5) is 0 Å². The van der Waals surface area contributed by atoms with Gasteiger partial charge in [0.25, 0.3) is 16.3 Å². The lowest BCUT2D eigenvalue weighted by Crippen LogP contribution is -1.93. The molecule has 0 radical (unpaired) electrons. The monoisotopic (exact) mass is 141 g/mol. The number of hydrogen-bond donors (Lipinski definition) is 1. The lowest BCUT2D eigenvalue weighted by Gasteiger charge is -1.81. The van der Waals surface area contributed by atoms with Crippen LogP contribution < -0.4 is 9.47 Å². The van der Waals surface area contributed by atoms with Gasteiger partial charge in [-0.2, -0.15) is 11.3 Å². The van der Waals surface area contributed by atoms with E-state index in [9.17, 15) is 0 Å². The van der Waals surface area contributed by atoms with E-state index in [-0.39, 0.29) is 0 Å². The predicted molar refractivity (Wildman–Crippen MR) is 40.4 cm³/mol. The fourth-order valence-electron chi connectivity index (χ4n) is 0.595. The van der Waals surface area contributed by atoms with Crippen molar-refractivity contribution in [3.63, 3.8) is 0 Å². The van der Waals surface area contributed by atoms with Gasteiger partial charge in [0.2, 0.25) is 0 Å². The van der Waals surface area contributed by atoms with E-state index in [1.807, 2.05) is 11.3 Å². The van der Waals surface area contributed by atoms with Crippen molar-refractivity contribution in [1.82, 2.24) is 0 Å².